The summed E-state index contributed by atoms with van der Waals surface area (Å²) in [6, 6.07) is 12.4. The van der Waals surface area contributed by atoms with Crippen molar-refractivity contribution >= 4 is 46.4 Å². The summed E-state index contributed by atoms with van der Waals surface area (Å²) < 4.78 is 0. The Morgan fingerprint density at radius 1 is 1.00 bits per heavy atom. The third kappa shape index (κ3) is 2.67. The van der Waals surface area contributed by atoms with Crippen molar-refractivity contribution in [2.24, 2.45) is 0 Å². The lowest BCUT2D eigenvalue weighted by atomic mass is 10.2. The summed E-state index contributed by atoms with van der Waals surface area (Å²) in [5, 5.41) is 3.07. The van der Waals surface area contributed by atoms with E-state index in [1.165, 1.54) is 4.90 Å². The summed E-state index contributed by atoms with van der Waals surface area (Å²) >= 11 is 12.0. The topological polar surface area (TPSA) is 49.4 Å². The van der Waals surface area contributed by atoms with E-state index < -0.39 is 11.8 Å². The third-order valence-electron chi connectivity index (χ3n) is 3.53. The normalized spacial score (nSPS) is 12.9. The molecule has 2 amide bonds. The largest absolute Gasteiger partial charge is 0.316 e. The van der Waals surface area contributed by atoms with E-state index in [2.05, 4.69) is 5.32 Å². The Bertz CT molecular complexity index is 741. The molecule has 2 aromatic rings. The van der Waals surface area contributed by atoms with Gasteiger partial charge in [-0.15, -0.1) is 0 Å². The minimum absolute atomic E-state index is 0.247. The molecule has 1 heterocycles. The zero-order valence-electron chi connectivity index (χ0n) is 11.5. The number of benzene rings is 2. The number of hydrogen-bond acceptors (Lipinski definition) is 2. The molecule has 0 saturated carbocycles. The van der Waals surface area contributed by atoms with E-state index in [0.717, 1.165) is 17.7 Å². The fourth-order valence-electron chi connectivity index (χ4n) is 2.46. The SMILES string of the molecule is O=C(Nc1c(Cl)cccc1Cl)C(=O)N1CCc2ccccc21. The van der Waals surface area contributed by atoms with Gasteiger partial charge in [-0.25, -0.2) is 0 Å². The van der Waals surface area contributed by atoms with E-state index in [9.17, 15) is 9.59 Å². The number of carbonyl (C=O) groups excluding carboxylic acids is 2. The van der Waals surface area contributed by atoms with Crippen molar-refractivity contribution in [3.8, 4) is 0 Å². The van der Waals surface area contributed by atoms with Gasteiger partial charge in [-0.3, -0.25) is 9.59 Å². The van der Waals surface area contributed by atoms with Crippen LogP contribution in [0.3, 0.4) is 0 Å². The molecular formula is C16H12Cl2N2O2. The van der Waals surface area contributed by atoms with Gasteiger partial charge in [0, 0.05) is 12.2 Å². The standard InChI is InChI=1S/C16H12Cl2N2O2/c17-11-5-3-6-12(18)14(11)19-15(21)16(22)20-9-8-10-4-1-2-7-13(10)20/h1-7H,8-9H2,(H,19,21). The van der Waals surface area contributed by atoms with Gasteiger partial charge >= 0.3 is 11.8 Å². The van der Waals surface area contributed by atoms with Crippen molar-refractivity contribution in [2.75, 3.05) is 16.8 Å². The molecule has 0 spiro atoms. The van der Waals surface area contributed by atoms with Crippen molar-refractivity contribution < 1.29 is 9.59 Å². The van der Waals surface area contributed by atoms with Crippen LogP contribution < -0.4 is 10.2 Å². The lowest BCUT2D eigenvalue weighted by Crippen LogP contribution is -2.38. The molecule has 6 heteroatoms. The number of nitrogens with zero attached hydrogens (tertiary/aromatic N) is 1. The average molecular weight is 335 g/mol. The van der Waals surface area contributed by atoms with Crippen LogP contribution in [0.2, 0.25) is 10.0 Å². The number of carbonyl (C=O) groups is 2. The number of anilines is 2. The molecule has 0 unspecified atom stereocenters. The highest BCUT2D eigenvalue weighted by Gasteiger charge is 2.29. The van der Waals surface area contributed by atoms with Gasteiger partial charge in [0.1, 0.15) is 0 Å². The molecule has 0 aliphatic carbocycles. The molecule has 1 aliphatic rings. The van der Waals surface area contributed by atoms with Crippen LogP contribution in [-0.2, 0) is 16.0 Å². The highest BCUT2D eigenvalue weighted by molar-refractivity contribution is 6.47. The second-order valence-electron chi connectivity index (χ2n) is 4.89. The fraction of sp³-hybridized carbons (Fsp3) is 0.125. The summed E-state index contributed by atoms with van der Waals surface area (Å²) in [6.45, 7) is 0.488. The molecule has 0 fully saturated rings. The second kappa shape index (κ2) is 5.99. The number of para-hydroxylation sites is 2. The molecule has 22 heavy (non-hydrogen) atoms. The van der Waals surface area contributed by atoms with Gasteiger partial charge in [-0.2, -0.15) is 0 Å². The maximum atomic E-state index is 12.4. The van der Waals surface area contributed by atoms with E-state index in [4.69, 9.17) is 23.2 Å². The minimum Gasteiger partial charge on any atom is -0.315 e. The van der Waals surface area contributed by atoms with Crippen LogP contribution in [0.1, 0.15) is 5.56 Å². The Balaban J connectivity index is 1.81. The van der Waals surface area contributed by atoms with E-state index in [-0.39, 0.29) is 15.7 Å². The van der Waals surface area contributed by atoms with E-state index >= 15 is 0 Å². The summed E-state index contributed by atoms with van der Waals surface area (Å²) in [6.07, 6.45) is 0.738. The lowest BCUT2D eigenvalue weighted by Gasteiger charge is -2.17. The molecule has 0 aromatic heterocycles. The Morgan fingerprint density at radius 2 is 1.68 bits per heavy atom. The maximum Gasteiger partial charge on any atom is 0.316 e. The van der Waals surface area contributed by atoms with Crippen LogP contribution in [0.15, 0.2) is 42.5 Å². The Labute approximate surface area is 137 Å². The minimum atomic E-state index is -0.758. The van der Waals surface area contributed by atoms with Gasteiger partial charge in [-0.1, -0.05) is 47.5 Å². The Kier molecular flexibility index (Phi) is 4.05. The predicted molar refractivity (Wildman–Crippen MR) is 87.6 cm³/mol. The quantitative estimate of drug-likeness (QED) is 0.811. The molecule has 112 valence electrons. The van der Waals surface area contributed by atoms with Gasteiger partial charge in [0.2, 0.25) is 0 Å². The summed E-state index contributed by atoms with van der Waals surface area (Å²) in [5.41, 5.74) is 2.07. The molecule has 4 nitrogen and oxygen atoms in total. The third-order valence-corrected chi connectivity index (χ3v) is 4.16. The van der Waals surface area contributed by atoms with Crippen molar-refractivity contribution in [3.05, 3.63) is 58.1 Å². The fourth-order valence-corrected chi connectivity index (χ4v) is 2.95. The number of amides is 2. The summed E-state index contributed by atoms with van der Waals surface area (Å²) in [7, 11) is 0. The molecular weight excluding hydrogens is 323 g/mol. The predicted octanol–water partition coefficient (Wildman–Crippen LogP) is 3.52. The average Bonchev–Trinajstić information content (AvgIpc) is 2.94. The number of rotatable bonds is 1. The first-order valence-corrected chi connectivity index (χ1v) is 7.48. The zero-order chi connectivity index (χ0) is 15.7. The lowest BCUT2D eigenvalue weighted by molar-refractivity contribution is -0.134. The number of nitrogens with one attached hydrogen (secondary N) is 1. The smallest absolute Gasteiger partial charge is 0.315 e. The van der Waals surface area contributed by atoms with Gasteiger partial charge in [-0.05, 0) is 30.2 Å². The highest BCUT2D eigenvalue weighted by Crippen LogP contribution is 2.31. The first-order valence-electron chi connectivity index (χ1n) is 6.72. The molecule has 0 atom stereocenters. The number of fused-ring (bicyclic) bond motifs is 1. The van der Waals surface area contributed by atoms with Crippen LogP contribution in [0.5, 0.6) is 0 Å². The Hall–Kier alpha value is -2.04. The Morgan fingerprint density at radius 3 is 2.41 bits per heavy atom. The highest BCUT2D eigenvalue weighted by atomic mass is 35.5. The van der Waals surface area contributed by atoms with Crippen LogP contribution in [-0.4, -0.2) is 18.4 Å². The van der Waals surface area contributed by atoms with Crippen molar-refractivity contribution in [3.63, 3.8) is 0 Å². The van der Waals surface area contributed by atoms with E-state index in [1.807, 2.05) is 24.3 Å². The first-order chi connectivity index (χ1) is 10.6. The van der Waals surface area contributed by atoms with Gasteiger partial charge in [0.25, 0.3) is 0 Å². The van der Waals surface area contributed by atoms with E-state index in [0.29, 0.717) is 6.54 Å². The summed E-state index contributed by atoms with van der Waals surface area (Å²) in [4.78, 5) is 26.0. The molecule has 0 radical (unpaired) electrons. The van der Waals surface area contributed by atoms with Crippen molar-refractivity contribution in [1.29, 1.82) is 0 Å². The number of halogens is 2. The monoisotopic (exact) mass is 334 g/mol. The summed E-state index contributed by atoms with van der Waals surface area (Å²) in [5.74, 6) is -1.38. The molecule has 1 aliphatic heterocycles. The molecule has 0 saturated heterocycles. The van der Waals surface area contributed by atoms with Gasteiger partial charge in [0.15, 0.2) is 0 Å². The van der Waals surface area contributed by atoms with Crippen molar-refractivity contribution in [2.45, 2.75) is 6.42 Å². The van der Waals surface area contributed by atoms with Crippen LogP contribution in [0.25, 0.3) is 0 Å². The van der Waals surface area contributed by atoms with Gasteiger partial charge in [0.05, 0.1) is 15.7 Å². The van der Waals surface area contributed by atoms with Crippen LogP contribution >= 0.6 is 23.2 Å². The second-order valence-corrected chi connectivity index (χ2v) is 5.70. The number of hydrogen-bond donors (Lipinski definition) is 1. The molecule has 0 bridgehead atoms. The first kappa shape index (κ1) is 14.9. The van der Waals surface area contributed by atoms with Crippen LogP contribution in [0, 0.1) is 0 Å². The van der Waals surface area contributed by atoms with E-state index in [1.54, 1.807) is 18.2 Å². The van der Waals surface area contributed by atoms with Crippen molar-refractivity contribution in [1.82, 2.24) is 0 Å². The maximum absolute atomic E-state index is 12.4. The van der Waals surface area contributed by atoms with Gasteiger partial charge < -0.3 is 10.2 Å². The molecule has 3 rings (SSSR count). The molecule has 2 aromatic carbocycles. The molecule has 1 N–H and O–H groups in total. The van der Waals surface area contributed by atoms with Crippen LogP contribution in [0.4, 0.5) is 11.4 Å². The zero-order valence-corrected chi connectivity index (χ0v) is 13.0.